The summed E-state index contributed by atoms with van der Waals surface area (Å²) < 4.78 is 2.43. The fourth-order valence-corrected chi connectivity index (χ4v) is 2.88. The van der Waals surface area contributed by atoms with Crippen LogP contribution in [0.2, 0.25) is 0 Å². The van der Waals surface area contributed by atoms with E-state index in [9.17, 15) is 0 Å². The van der Waals surface area contributed by atoms with E-state index in [0.717, 1.165) is 24.4 Å². The number of aryl methyl sites for hydroxylation is 1. The minimum atomic E-state index is 0.609. The number of hydrogen-bond acceptors (Lipinski definition) is 2. The van der Waals surface area contributed by atoms with Crippen LogP contribution in [0, 0.1) is 6.92 Å². The minimum Gasteiger partial charge on any atom is -0.325 e. The van der Waals surface area contributed by atoms with Crippen molar-refractivity contribution in [3.05, 3.63) is 30.1 Å². The van der Waals surface area contributed by atoms with Crippen LogP contribution in [0.5, 0.6) is 0 Å². The molecule has 1 aliphatic heterocycles. The van der Waals surface area contributed by atoms with Gasteiger partial charge in [-0.15, -0.1) is 0 Å². The molecule has 3 nitrogen and oxygen atoms in total. The fourth-order valence-electron chi connectivity index (χ4n) is 2.88. The van der Waals surface area contributed by atoms with Crippen molar-refractivity contribution in [1.29, 1.82) is 0 Å². The van der Waals surface area contributed by atoms with Crippen LogP contribution >= 0.6 is 0 Å². The Morgan fingerprint density at radius 1 is 1.24 bits per heavy atom. The van der Waals surface area contributed by atoms with E-state index in [2.05, 4.69) is 46.1 Å². The second-order valence-corrected chi connectivity index (χ2v) is 4.85. The van der Waals surface area contributed by atoms with Crippen LogP contribution in [-0.4, -0.2) is 22.6 Å². The molecule has 2 heterocycles. The zero-order valence-electron chi connectivity index (χ0n) is 10.3. The van der Waals surface area contributed by atoms with Crippen LogP contribution in [0.3, 0.4) is 0 Å². The number of hydrogen-bond donors (Lipinski definition) is 1. The molecule has 0 bridgehead atoms. The van der Waals surface area contributed by atoms with E-state index in [1.807, 2.05) is 0 Å². The van der Waals surface area contributed by atoms with Gasteiger partial charge < -0.3 is 9.88 Å². The molecule has 1 atom stereocenters. The Hall–Kier alpha value is -1.35. The van der Waals surface area contributed by atoms with Gasteiger partial charge in [0.15, 0.2) is 0 Å². The second kappa shape index (κ2) is 4.49. The highest BCUT2D eigenvalue weighted by Gasteiger charge is 2.18. The van der Waals surface area contributed by atoms with E-state index >= 15 is 0 Å². The number of benzene rings is 1. The van der Waals surface area contributed by atoms with Crippen molar-refractivity contribution in [2.75, 3.05) is 13.1 Å². The molecule has 17 heavy (non-hydrogen) atoms. The summed E-state index contributed by atoms with van der Waals surface area (Å²) in [5.74, 6) is 1.15. The number of fused-ring (bicyclic) bond motifs is 1. The lowest BCUT2D eigenvalue weighted by molar-refractivity contribution is 0.456. The molecule has 1 aromatic heterocycles. The Kier molecular flexibility index (Phi) is 2.85. The number of nitrogens with one attached hydrogen (secondary N) is 1. The second-order valence-electron chi connectivity index (χ2n) is 4.85. The third kappa shape index (κ3) is 1.95. The van der Waals surface area contributed by atoms with Crippen LogP contribution < -0.4 is 5.32 Å². The normalized spacial score (nSPS) is 21.6. The van der Waals surface area contributed by atoms with Crippen molar-refractivity contribution >= 4 is 11.0 Å². The molecule has 1 fully saturated rings. The van der Waals surface area contributed by atoms with Crippen LogP contribution in [0.4, 0.5) is 0 Å². The van der Waals surface area contributed by atoms with E-state index in [4.69, 9.17) is 0 Å². The zero-order valence-corrected chi connectivity index (χ0v) is 10.3. The summed E-state index contributed by atoms with van der Waals surface area (Å²) in [7, 11) is 0. The van der Waals surface area contributed by atoms with Crippen LogP contribution in [0.25, 0.3) is 11.0 Å². The molecule has 1 unspecified atom stereocenters. The Labute approximate surface area is 102 Å². The zero-order chi connectivity index (χ0) is 11.7. The highest BCUT2D eigenvalue weighted by Crippen LogP contribution is 2.26. The van der Waals surface area contributed by atoms with Crippen LogP contribution in [0.1, 0.15) is 31.1 Å². The van der Waals surface area contributed by atoms with Crippen LogP contribution in [-0.2, 0) is 0 Å². The lowest BCUT2D eigenvalue weighted by Gasteiger charge is -2.18. The first-order valence-corrected chi connectivity index (χ1v) is 6.50. The first-order valence-electron chi connectivity index (χ1n) is 6.50. The van der Waals surface area contributed by atoms with Crippen molar-refractivity contribution < 1.29 is 0 Å². The predicted octanol–water partition coefficient (Wildman–Crippen LogP) is 2.66. The molecule has 0 radical (unpaired) electrons. The summed E-state index contributed by atoms with van der Waals surface area (Å²) in [5.41, 5.74) is 2.42. The molecule has 1 aromatic carbocycles. The Balaban J connectivity index is 2.05. The molecule has 3 rings (SSSR count). The van der Waals surface area contributed by atoms with Gasteiger partial charge in [0.2, 0.25) is 0 Å². The van der Waals surface area contributed by atoms with Gasteiger partial charge in [0.05, 0.1) is 11.0 Å². The van der Waals surface area contributed by atoms with Gasteiger partial charge in [-0.2, -0.15) is 0 Å². The van der Waals surface area contributed by atoms with Crippen LogP contribution in [0.15, 0.2) is 24.3 Å². The standard InChI is InChI=1S/C14H19N3/c1-11-16-13-6-2-3-7-14(13)17(11)12-5-4-9-15-10-8-12/h2-3,6-7,12,15H,4-5,8-10H2,1H3. The first-order chi connectivity index (χ1) is 8.36. The number of nitrogens with zero attached hydrogens (tertiary/aromatic N) is 2. The molecular formula is C14H19N3. The van der Waals surface area contributed by atoms with Gasteiger partial charge in [-0.3, -0.25) is 0 Å². The summed E-state index contributed by atoms with van der Waals surface area (Å²) in [4.78, 5) is 4.66. The highest BCUT2D eigenvalue weighted by molar-refractivity contribution is 5.76. The maximum atomic E-state index is 4.66. The van der Waals surface area contributed by atoms with Crippen molar-refractivity contribution in [1.82, 2.24) is 14.9 Å². The molecule has 1 saturated heterocycles. The summed E-state index contributed by atoms with van der Waals surface area (Å²) in [5, 5.41) is 3.47. The minimum absolute atomic E-state index is 0.609. The van der Waals surface area contributed by atoms with Crippen molar-refractivity contribution in [2.45, 2.75) is 32.2 Å². The Morgan fingerprint density at radius 3 is 3.06 bits per heavy atom. The average molecular weight is 229 g/mol. The lowest BCUT2D eigenvalue weighted by Crippen LogP contribution is -2.15. The van der Waals surface area contributed by atoms with Gasteiger partial charge in [0.1, 0.15) is 5.82 Å². The highest BCUT2D eigenvalue weighted by atomic mass is 15.1. The quantitative estimate of drug-likeness (QED) is 0.814. The molecule has 0 spiro atoms. The monoisotopic (exact) mass is 229 g/mol. The van der Waals surface area contributed by atoms with E-state index in [1.165, 1.54) is 24.8 Å². The number of imidazole rings is 1. The molecule has 0 saturated carbocycles. The Bertz CT molecular complexity index is 507. The summed E-state index contributed by atoms with van der Waals surface area (Å²) >= 11 is 0. The number of aromatic nitrogens is 2. The smallest absolute Gasteiger partial charge is 0.106 e. The van der Waals surface area contributed by atoms with Gasteiger partial charge in [0.25, 0.3) is 0 Å². The molecule has 3 heteroatoms. The van der Waals surface area contributed by atoms with Gasteiger partial charge in [-0.05, 0) is 51.4 Å². The average Bonchev–Trinajstić information content (AvgIpc) is 2.53. The lowest BCUT2D eigenvalue weighted by atomic mass is 10.1. The predicted molar refractivity (Wildman–Crippen MR) is 70.2 cm³/mol. The topological polar surface area (TPSA) is 29.9 Å². The molecule has 1 N–H and O–H groups in total. The summed E-state index contributed by atoms with van der Waals surface area (Å²) in [6, 6.07) is 9.07. The largest absolute Gasteiger partial charge is 0.325 e. The van der Waals surface area contributed by atoms with E-state index in [0.29, 0.717) is 6.04 Å². The van der Waals surface area contributed by atoms with Gasteiger partial charge >= 0.3 is 0 Å². The number of para-hydroxylation sites is 2. The summed E-state index contributed by atoms with van der Waals surface area (Å²) in [6.07, 6.45) is 3.73. The van der Waals surface area contributed by atoms with E-state index < -0.39 is 0 Å². The maximum absolute atomic E-state index is 4.66. The van der Waals surface area contributed by atoms with E-state index in [-0.39, 0.29) is 0 Å². The van der Waals surface area contributed by atoms with E-state index in [1.54, 1.807) is 0 Å². The Morgan fingerprint density at radius 2 is 2.12 bits per heavy atom. The molecule has 2 aromatic rings. The van der Waals surface area contributed by atoms with Gasteiger partial charge in [-0.1, -0.05) is 12.1 Å². The SMILES string of the molecule is Cc1nc2ccccc2n1C1CCCNCC1. The van der Waals surface area contributed by atoms with Crippen molar-refractivity contribution in [3.63, 3.8) is 0 Å². The van der Waals surface area contributed by atoms with Gasteiger partial charge in [0, 0.05) is 6.04 Å². The third-order valence-electron chi connectivity index (χ3n) is 3.68. The van der Waals surface area contributed by atoms with Crippen molar-refractivity contribution in [2.24, 2.45) is 0 Å². The molecule has 0 aliphatic carbocycles. The summed E-state index contributed by atoms with van der Waals surface area (Å²) in [6.45, 7) is 4.40. The van der Waals surface area contributed by atoms with Crippen molar-refractivity contribution in [3.8, 4) is 0 Å². The molecular weight excluding hydrogens is 210 g/mol. The van der Waals surface area contributed by atoms with Gasteiger partial charge in [-0.25, -0.2) is 4.98 Å². The first kappa shape index (κ1) is 10.8. The maximum Gasteiger partial charge on any atom is 0.106 e. The molecule has 90 valence electrons. The fraction of sp³-hybridized carbons (Fsp3) is 0.500. The third-order valence-corrected chi connectivity index (χ3v) is 3.68. The number of rotatable bonds is 1. The molecule has 0 amide bonds. The molecule has 1 aliphatic rings.